The molecule has 0 heterocycles. The summed E-state index contributed by atoms with van der Waals surface area (Å²) in [4.78, 5) is 19.0. The smallest absolute Gasteiger partial charge is 0.207 e. The van der Waals surface area contributed by atoms with Gasteiger partial charge in [-0.25, -0.2) is 5.84 Å². The molecule has 0 saturated heterocycles. The Labute approximate surface area is 173 Å². The zero-order valence-corrected chi connectivity index (χ0v) is 17.7. The topological polar surface area (TPSA) is 111 Å². The fourth-order valence-corrected chi connectivity index (χ4v) is 1.84. The minimum absolute atomic E-state index is 0.000903. The number of hydrogen-bond acceptors (Lipinski definition) is 5. The highest BCUT2D eigenvalue weighted by atomic mass is 16.1. The van der Waals surface area contributed by atoms with Crippen LogP contribution in [0, 0.1) is 5.41 Å². The number of carbonyl (C=O) groups is 2. The van der Waals surface area contributed by atoms with Crippen LogP contribution in [-0.2, 0) is 9.59 Å². The lowest BCUT2D eigenvalue weighted by atomic mass is 10.1. The Bertz CT molecular complexity index is 706. The number of para-hydroxylation sites is 1. The zero-order valence-electron chi connectivity index (χ0n) is 17.7. The third-order valence-corrected chi connectivity index (χ3v) is 3.79. The molecule has 2 aromatic carbocycles. The first-order valence-corrected chi connectivity index (χ1v) is 9.36. The zero-order chi connectivity index (χ0) is 22.1. The van der Waals surface area contributed by atoms with Gasteiger partial charge in [-0.1, -0.05) is 55.5 Å². The van der Waals surface area contributed by atoms with Crippen molar-refractivity contribution in [3.8, 4) is 0 Å². The summed E-state index contributed by atoms with van der Waals surface area (Å²) < 4.78 is 0. The van der Waals surface area contributed by atoms with Gasteiger partial charge in [0.2, 0.25) is 6.41 Å². The first kappa shape index (κ1) is 26.0. The third kappa shape index (κ3) is 11.4. The number of aldehydes is 1. The second-order valence-electron chi connectivity index (χ2n) is 6.63. The lowest BCUT2D eigenvalue weighted by Crippen LogP contribution is -2.45. The molecular formula is C22H33N5O2. The molecule has 0 aromatic heterocycles. The second kappa shape index (κ2) is 15.0. The average Bonchev–Trinajstić information content (AvgIpc) is 2.78. The van der Waals surface area contributed by atoms with Crippen molar-refractivity contribution in [1.82, 2.24) is 10.6 Å². The lowest BCUT2D eigenvalue weighted by molar-refractivity contribution is -0.110. The number of nitrogens with zero attached hydrogens (tertiary/aromatic N) is 1. The number of amides is 1. The van der Waals surface area contributed by atoms with Gasteiger partial charge in [0.05, 0.1) is 5.69 Å². The first-order valence-electron chi connectivity index (χ1n) is 9.36. The Kier molecular flexibility index (Phi) is 13.4. The summed E-state index contributed by atoms with van der Waals surface area (Å²) in [5.41, 5.74) is 1.60. The van der Waals surface area contributed by atoms with Gasteiger partial charge in [-0.3, -0.25) is 15.2 Å². The van der Waals surface area contributed by atoms with Crippen LogP contribution < -0.4 is 21.5 Å². The molecular weight excluding hydrogens is 366 g/mol. The summed E-state index contributed by atoms with van der Waals surface area (Å²) >= 11 is 0. The van der Waals surface area contributed by atoms with E-state index in [4.69, 9.17) is 11.3 Å². The van der Waals surface area contributed by atoms with Crippen LogP contribution in [-0.4, -0.2) is 37.7 Å². The van der Waals surface area contributed by atoms with Gasteiger partial charge >= 0.3 is 0 Å². The quantitative estimate of drug-likeness (QED) is 0.188. The number of hydrogen-bond donors (Lipinski definition) is 4. The number of carbonyl (C=O) groups excluding carboxylic acids is 2. The van der Waals surface area contributed by atoms with Crippen LogP contribution in [0.3, 0.4) is 0 Å². The van der Waals surface area contributed by atoms with Crippen molar-refractivity contribution in [3.63, 3.8) is 0 Å². The van der Waals surface area contributed by atoms with E-state index in [0.29, 0.717) is 19.4 Å². The highest BCUT2D eigenvalue weighted by Crippen LogP contribution is 2.12. The number of likely N-dealkylation sites (N-methyl/N-ethyl adjacent to an activating group) is 1. The van der Waals surface area contributed by atoms with Gasteiger partial charge in [0.15, 0.2) is 0 Å². The minimum atomic E-state index is 0.000903. The van der Waals surface area contributed by atoms with Crippen molar-refractivity contribution in [2.75, 3.05) is 18.6 Å². The number of nitrogens with two attached hydrogens (primary N) is 1. The Morgan fingerprint density at radius 2 is 1.55 bits per heavy atom. The van der Waals surface area contributed by atoms with Crippen LogP contribution in [0.2, 0.25) is 0 Å². The maximum atomic E-state index is 9.83. The van der Waals surface area contributed by atoms with Crippen LogP contribution in [0.25, 0.3) is 0 Å². The number of anilines is 1. The van der Waals surface area contributed by atoms with Crippen molar-refractivity contribution in [1.29, 1.82) is 5.41 Å². The molecule has 0 atom stereocenters. The summed E-state index contributed by atoms with van der Waals surface area (Å²) in [5.74, 6) is 6.16. The van der Waals surface area contributed by atoms with Crippen molar-refractivity contribution in [2.45, 2.75) is 32.7 Å². The number of hydrazine groups is 1. The molecule has 29 heavy (non-hydrogen) atoms. The molecule has 7 nitrogen and oxygen atoms in total. The normalized spacial score (nSPS) is 9.69. The van der Waals surface area contributed by atoms with E-state index in [1.165, 1.54) is 5.01 Å². The number of nitrogens with one attached hydrogen (secondary N) is 3. The van der Waals surface area contributed by atoms with E-state index in [2.05, 4.69) is 10.6 Å². The third-order valence-electron chi connectivity index (χ3n) is 3.79. The maximum absolute atomic E-state index is 9.83. The molecule has 0 radical (unpaired) electrons. The van der Waals surface area contributed by atoms with E-state index in [1.807, 2.05) is 88.5 Å². The van der Waals surface area contributed by atoms with Gasteiger partial charge in [-0.15, -0.1) is 0 Å². The van der Waals surface area contributed by atoms with Crippen LogP contribution in [0.15, 0.2) is 60.7 Å². The Balaban J connectivity index is 0.000000512. The average molecular weight is 400 g/mol. The van der Waals surface area contributed by atoms with E-state index < -0.39 is 0 Å². The number of amidine groups is 1. The van der Waals surface area contributed by atoms with Crippen molar-refractivity contribution in [2.24, 2.45) is 5.84 Å². The standard InChI is InChI=1S/C13H13N3.C6H14N2O.C3H6O/c14-13(11-7-3-1-4-8-11)16(15)12-9-5-2-6-10-12;1-6(2,7-3)4-8-5-9;1-2-3-4/h1-10,14H,15H2;5,7H,4H2,1-3H3,(H,8,9);3H,2H2,1H3. The summed E-state index contributed by atoms with van der Waals surface area (Å²) in [6, 6.07) is 18.9. The van der Waals surface area contributed by atoms with Crippen LogP contribution in [0.1, 0.15) is 32.8 Å². The van der Waals surface area contributed by atoms with Gasteiger partial charge in [0, 0.05) is 24.1 Å². The molecule has 0 bridgehead atoms. The highest BCUT2D eigenvalue weighted by molar-refractivity contribution is 6.06. The molecule has 2 rings (SSSR count). The Hall–Kier alpha value is -3.03. The van der Waals surface area contributed by atoms with Crippen molar-refractivity contribution >= 4 is 24.2 Å². The summed E-state index contributed by atoms with van der Waals surface area (Å²) in [6.45, 7) is 6.51. The van der Waals surface area contributed by atoms with Gasteiger partial charge < -0.3 is 15.4 Å². The number of benzene rings is 2. The molecule has 0 fully saturated rings. The molecule has 2 aromatic rings. The molecule has 0 saturated carbocycles. The van der Waals surface area contributed by atoms with E-state index in [9.17, 15) is 9.59 Å². The van der Waals surface area contributed by atoms with Crippen LogP contribution >= 0.6 is 0 Å². The highest BCUT2D eigenvalue weighted by Gasteiger charge is 2.12. The fourth-order valence-electron chi connectivity index (χ4n) is 1.84. The Morgan fingerprint density at radius 3 is 1.97 bits per heavy atom. The minimum Gasteiger partial charge on any atom is -0.357 e. The van der Waals surface area contributed by atoms with Crippen molar-refractivity contribution in [3.05, 3.63) is 66.2 Å². The van der Waals surface area contributed by atoms with Gasteiger partial charge in [0.1, 0.15) is 12.1 Å². The van der Waals surface area contributed by atoms with E-state index >= 15 is 0 Å². The van der Waals surface area contributed by atoms with Gasteiger partial charge in [-0.2, -0.15) is 0 Å². The lowest BCUT2D eigenvalue weighted by Gasteiger charge is -2.22. The molecule has 5 N–H and O–H groups in total. The predicted molar refractivity (Wildman–Crippen MR) is 120 cm³/mol. The predicted octanol–water partition coefficient (Wildman–Crippen LogP) is 2.72. The van der Waals surface area contributed by atoms with E-state index in [1.54, 1.807) is 0 Å². The van der Waals surface area contributed by atoms with Crippen LogP contribution in [0.4, 0.5) is 5.69 Å². The first-order chi connectivity index (χ1) is 13.8. The summed E-state index contributed by atoms with van der Waals surface area (Å²) in [7, 11) is 1.87. The molecule has 7 heteroatoms. The molecule has 158 valence electrons. The maximum Gasteiger partial charge on any atom is 0.207 e. The molecule has 0 unspecified atom stereocenters. The number of rotatable bonds is 7. The molecule has 0 aliphatic carbocycles. The monoisotopic (exact) mass is 399 g/mol. The van der Waals surface area contributed by atoms with Crippen LogP contribution in [0.5, 0.6) is 0 Å². The molecule has 1 amide bonds. The van der Waals surface area contributed by atoms with E-state index in [0.717, 1.165) is 17.5 Å². The van der Waals surface area contributed by atoms with Crippen molar-refractivity contribution < 1.29 is 9.59 Å². The SMILES string of the molecule is CCC=O.CNC(C)(C)CNC=O.N=C(c1ccccc1)N(N)c1ccccc1. The largest absolute Gasteiger partial charge is 0.357 e. The summed E-state index contributed by atoms with van der Waals surface area (Å²) in [6.07, 6.45) is 2.22. The van der Waals surface area contributed by atoms with Gasteiger partial charge in [0.25, 0.3) is 0 Å². The van der Waals surface area contributed by atoms with E-state index in [-0.39, 0.29) is 11.4 Å². The fraction of sp³-hybridized carbons (Fsp3) is 0.318. The summed E-state index contributed by atoms with van der Waals surface area (Å²) in [5, 5.41) is 15.0. The molecule has 0 aliphatic heterocycles. The Morgan fingerprint density at radius 1 is 1.07 bits per heavy atom. The molecule has 0 spiro atoms. The molecule has 0 aliphatic rings. The second-order valence-corrected chi connectivity index (χ2v) is 6.63. The van der Waals surface area contributed by atoms with Gasteiger partial charge in [-0.05, 0) is 33.0 Å².